The number of aromatic nitrogens is 1. The van der Waals surface area contributed by atoms with E-state index in [1.165, 1.54) is 0 Å². The van der Waals surface area contributed by atoms with Crippen molar-refractivity contribution in [2.24, 2.45) is 0 Å². The predicted octanol–water partition coefficient (Wildman–Crippen LogP) is 3.63. The summed E-state index contributed by atoms with van der Waals surface area (Å²) in [5, 5.41) is 9.85. The molecule has 18 heavy (non-hydrogen) atoms. The van der Waals surface area contributed by atoms with Crippen molar-refractivity contribution in [2.45, 2.75) is 0 Å². The molecule has 0 atom stereocenters. The summed E-state index contributed by atoms with van der Waals surface area (Å²) in [5.74, 6) is 1.39. The molecule has 1 aromatic heterocycles. The van der Waals surface area contributed by atoms with Gasteiger partial charge in [0, 0.05) is 29.2 Å². The lowest BCUT2D eigenvalue weighted by molar-refractivity contribution is 0.483. The summed E-state index contributed by atoms with van der Waals surface area (Å²) in [7, 11) is 0. The molecule has 0 bridgehead atoms. The molecule has 0 unspecified atom stereocenters. The molecule has 3 nitrogen and oxygen atoms in total. The van der Waals surface area contributed by atoms with Crippen LogP contribution in [0.4, 0.5) is 0 Å². The number of fused-ring (bicyclic) bond motifs is 1. The Kier molecular flexibility index (Phi) is 2.47. The summed E-state index contributed by atoms with van der Waals surface area (Å²) in [6.07, 6.45) is 1.77. The number of nitrogens with one attached hydrogen (secondary N) is 1. The second-order valence-electron chi connectivity index (χ2n) is 3.88. The van der Waals surface area contributed by atoms with Crippen LogP contribution < -0.4 is 4.74 Å². The molecule has 0 aliphatic heterocycles. The van der Waals surface area contributed by atoms with E-state index in [-0.39, 0.29) is 0 Å². The second kappa shape index (κ2) is 4.27. The van der Waals surface area contributed by atoms with Crippen LogP contribution >= 0.6 is 0 Å². The lowest BCUT2D eigenvalue weighted by Crippen LogP contribution is -1.85. The SMILES string of the molecule is N#Cc1cccc(Oc2ccc3[c]c[nH]c3c2)c1. The first-order valence-electron chi connectivity index (χ1n) is 5.52. The van der Waals surface area contributed by atoms with Crippen LogP contribution in [0.3, 0.4) is 0 Å². The van der Waals surface area contributed by atoms with E-state index in [9.17, 15) is 0 Å². The fraction of sp³-hybridized carbons (Fsp3) is 0. The predicted molar refractivity (Wildman–Crippen MR) is 68.4 cm³/mol. The Morgan fingerprint density at radius 1 is 1.11 bits per heavy atom. The maximum Gasteiger partial charge on any atom is 0.129 e. The van der Waals surface area contributed by atoms with Crippen LogP contribution in [-0.4, -0.2) is 4.98 Å². The van der Waals surface area contributed by atoms with Gasteiger partial charge in [0.25, 0.3) is 0 Å². The van der Waals surface area contributed by atoms with Crippen molar-refractivity contribution in [3.63, 3.8) is 0 Å². The molecule has 0 fully saturated rings. The van der Waals surface area contributed by atoms with Crippen LogP contribution in [0.15, 0.2) is 48.7 Å². The summed E-state index contributed by atoms with van der Waals surface area (Å²) in [6, 6.07) is 18.0. The first-order chi connectivity index (χ1) is 8.85. The Morgan fingerprint density at radius 3 is 2.89 bits per heavy atom. The zero-order valence-corrected chi connectivity index (χ0v) is 9.47. The number of hydrogen-bond acceptors (Lipinski definition) is 2. The topological polar surface area (TPSA) is 48.8 Å². The van der Waals surface area contributed by atoms with Gasteiger partial charge in [-0.3, -0.25) is 0 Å². The van der Waals surface area contributed by atoms with E-state index >= 15 is 0 Å². The van der Waals surface area contributed by atoms with Gasteiger partial charge in [0.05, 0.1) is 11.6 Å². The van der Waals surface area contributed by atoms with E-state index in [0.717, 1.165) is 16.7 Å². The molecule has 0 amide bonds. The molecule has 2 aromatic carbocycles. The lowest BCUT2D eigenvalue weighted by atomic mass is 10.2. The van der Waals surface area contributed by atoms with Crippen LogP contribution in [0.2, 0.25) is 0 Å². The number of nitriles is 1. The summed E-state index contributed by atoms with van der Waals surface area (Å²) in [6.45, 7) is 0. The lowest BCUT2D eigenvalue weighted by Gasteiger charge is -2.05. The van der Waals surface area contributed by atoms with E-state index < -0.39 is 0 Å². The van der Waals surface area contributed by atoms with E-state index in [1.807, 2.05) is 24.3 Å². The van der Waals surface area contributed by atoms with Crippen LogP contribution in [0.5, 0.6) is 11.5 Å². The highest BCUT2D eigenvalue weighted by molar-refractivity contribution is 5.80. The third kappa shape index (κ3) is 1.92. The second-order valence-corrected chi connectivity index (χ2v) is 3.88. The molecular formula is C15H9N2O. The number of H-pyrrole nitrogens is 1. The minimum atomic E-state index is 0.585. The summed E-state index contributed by atoms with van der Waals surface area (Å²) < 4.78 is 5.71. The fourth-order valence-corrected chi connectivity index (χ4v) is 1.79. The molecule has 0 aliphatic rings. The largest absolute Gasteiger partial charge is 0.457 e. The van der Waals surface area contributed by atoms with Gasteiger partial charge in [-0.15, -0.1) is 0 Å². The molecule has 3 heteroatoms. The zero-order valence-electron chi connectivity index (χ0n) is 9.47. The van der Waals surface area contributed by atoms with Gasteiger partial charge < -0.3 is 9.72 Å². The van der Waals surface area contributed by atoms with Crippen molar-refractivity contribution in [1.82, 2.24) is 4.98 Å². The van der Waals surface area contributed by atoms with Crippen molar-refractivity contribution in [3.05, 3.63) is 60.3 Å². The van der Waals surface area contributed by atoms with Crippen molar-refractivity contribution >= 4 is 10.9 Å². The number of aromatic amines is 1. The first-order valence-corrected chi connectivity index (χ1v) is 5.52. The van der Waals surface area contributed by atoms with Crippen LogP contribution in [0.25, 0.3) is 10.9 Å². The highest BCUT2D eigenvalue weighted by atomic mass is 16.5. The Morgan fingerprint density at radius 2 is 2.00 bits per heavy atom. The average molecular weight is 233 g/mol. The van der Waals surface area contributed by atoms with Gasteiger partial charge in [0.1, 0.15) is 11.5 Å². The zero-order chi connectivity index (χ0) is 12.4. The van der Waals surface area contributed by atoms with Gasteiger partial charge in [-0.1, -0.05) is 6.07 Å². The highest BCUT2D eigenvalue weighted by Crippen LogP contribution is 2.25. The van der Waals surface area contributed by atoms with Gasteiger partial charge in [-0.05, 0) is 30.3 Å². The number of hydrogen-bond donors (Lipinski definition) is 1. The van der Waals surface area contributed by atoms with Crippen molar-refractivity contribution in [3.8, 4) is 17.6 Å². The number of rotatable bonds is 2. The summed E-state index contributed by atoms with van der Waals surface area (Å²) in [5.41, 5.74) is 1.56. The molecule has 85 valence electrons. The third-order valence-corrected chi connectivity index (χ3v) is 2.65. The molecule has 0 saturated heterocycles. The maximum absolute atomic E-state index is 8.83. The van der Waals surface area contributed by atoms with Gasteiger partial charge in [0.15, 0.2) is 0 Å². The molecule has 1 heterocycles. The Labute approximate surface area is 104 Å². The van der Waals surface area contributed by atoms with Crippen molar-refractivity contribution < 1.29 is 4.74 Å². The molecule has 1 radical (unpaired) electrons. The van der Waals surface area contributed by atoms with Crippen LogP contribution in [0.1, 0.15) is 5.56 Å². The van der Waals surface area contributed by atoms with Gasteiger partial charge in [0.2, 0.25) is 0 Å². The van der Waals surface area contributed by atoms with E-state index in [4.69, 9.17) is 10.00 Å². The molecule has 3 rings (SSSR count). The highest BCUT2D eigenvalue weighted by Gasteiger charge is 2.01. The summed E-state index contributed by atoms with van der Waals surface area (Å²) >= 11 is 0. The molecule has 3 aromatic rings. The first kappa shape index (κ1) is 10.4. The van der Waals surface area contributed by atoms with E-state index in [1.54, 1.807) is 24.4 Å². The average Bonchev–Trinajstić information content (AvgIpc) is 2.86. The smallest absolute Gasteiger partial charge is 0.129 e. The number of nitrogens with zero attached hydrogens (tertiary/aromatic N) is 1. The van der Waals surface area contributed by atoms with Crippen LogP contribution in [0, 0.1) is 17.4 Å². The molecule has 0 aliphatic carbocycles. The van der Waals surface area contributed by atoms with Gasteiger partial charge in [-0.25, -0.2) is 0 Å². The number of ether oxygens (including phenoxy) is 1. The minimum absolute atomic E-state index is 0.585. The fourth-order valence-electron chi connectivity index (χ4n) is 1.79. The normalized spacial score (nSPS) is 10.2. The molecule has 1 N–H and O–H groups in total. The van der Waals surface area contributed by atoms with Gasteiger partial charge >= 0.3 is 0 Å². The maximum atomic E-state index is 8.83. The van der Waals surface area contributed by atoms with Gasteiger partial charge in [-0.2, -0.15) is 5.26 Å². The van der Waals surface area contributed by atoms with E-state index in [2.05, 4.69) is 17.1 Å². The number of benzene rings is 2. The Bertz CT molecular complexity index is 737. The molecule has 0 spiro atoms. The van der Waals surface area contributed by atoms with Crippen molar-refractivity contribution in [2.75, 3.05) is 0 Å². The monoisotopic (exact) mass is 233 g/mol. The standard InChI is InChI=1S/C15H9N2O/c16-10-11-2-1-3-13(8-11)18-14-5-4-12-6-7-17-15(12)9-14/h1-5,7-9,17H. The summed E-state index contributed by atoms with van der Waals surface area (Å²) in [4.78, 5) is 3.08. The van der Waals surface area contributed by atoms with Crippen molar-refractivity contribution in [1.29, 1.82) is 5.26 Å². The third-order valence-electron chi connectivity index (χ3n) is 2.65. The Hall–Kier alpha value is -2.73. The van der Waals surface area contributed by atoms with Crippen LogP contribution in [-0.2, 0) is 0 Å². The molecular weight excluding hydrogens is 224 g/mol. The van der Waals surface area contributed by atoms with E-state index in [0.29, 0.717) is 11.3 Å². The minimum Gasteiger partial charge on any atom is -0.457 e. The Balaban J connectivity index is 1.93. The molecule has 0 saturated carbocycles. The quantitative estimate of drug-likeness (QED) is 0.734.